The first-order valence-corrected chi connectivity index (χ1v) is 6.77. The number of aliphatic hydroxyl groups is 1. The highest BCUT2D eigenvalue weighted by Crippen LogP contribution is 2.23. The van der Waals surface area contributed by atoms with Gasteiger partial charge in [-0.1, -0.05) is 26.7 Å². The topological polar surface area (TPSA) is 61.4 Å². The molecule has 4 heteroatoms. The lowest BCUT2D eigenvalue weighted by Crippen LogP contribution is -2.38. The molecule has 0 aliphatic heterocycles. The number of hydrogen-bond donors (Lipinski definition) is 3. The van der Waals surface area contributed by atoms with Crippen LogP contribution in [0.15, 0.2) is 0 Å². The highest BCUT2D eigenvalue weighted by molar-refractivity contribution is 5.76. The number of aliphatic hydroxyl groups excluding tert-OH is 1. The normalized spacial score (nSPS) is 24.9. The molecule has 3 N–H and O–H groups in total. The Kier molecular flexibility index (Phi) is 6.52. The minimum atomic E-state index is -0.224. The second-order valence-corrected chi connectivity index (χ2v) is 5.27. The zero-order chi connectivity index (χ0) is 12.7. The zero-order valence-electron chi connectivity index (χ0n) is 11.0. The van der Waals surface area contributed by atoms with Gasteiger partial charge < -0.3 is 15.7 Å². The van der Waals surface area contributed by atoms with E-state index in [9.17, 15) is 9.90 Å². The molecule has 1 saturated carbocycles. The van der Waals surface area contributed by atoms with Crippen LogP contribution in [0.2, 0.25) is 0 Å². The van der Waals surface area contributed by atoms with Crippen LogP contribution >= 0.6 is 0 Å². The Labute approximate surface area is 104 Å². The molecule has 0 spiro atoms. The van der Waals surface area contributed by atoms with Crippen LogP contribution in [0.1, 0.15) is 46.0 Å². The van der Waals surface area contributed by atoms with Crippen molar-refractivity contribution in [1.82, 2.24) is 10.6 Å². The molecule has 100 valence electrons. The summed E-state index contributed by atoms with van der Waals surface area (Å²) in [6.07, 6.45) is 4.50. The van der Waals surface area contributed by atoms with Crippen LogP contribution in [0.4, 0.5) is 0 Å². The summed E-state index contributed by atoms with van der Waals surface area (Å²) in [5.41, 5.74) is 0. The van der Waals surface area contributed by atoms with E-state index in [1.807, 2.05) is 0 Å². The third-order valence-corrected chi connectivity index (χ3v) is 3.34. The first-order valence-electron chi connectivity index (χ1n) is 6.77. The van der Waals surface area contributed by atoms with Crippen LogP contribution in [0.25, 0.3) is 0 Å². The predicted octanol–water partition coefficient (Wildman–Crippen LogP) is 1.04. The van der Waals surface area contributed by atoms with Crippen LogP contribution in [0, 0.1) is 5.92 Å². The highest BCUT2D eigenvalue weighted by atomic mass is 16.3. The molecule has 0 bridgehead atoms. The molecule has 1 aliphatic rings. The van der Waals surface area contributed by atoms with E-state index in [1.165, 1.54) is 6.42 Å². The van der Waals surface area contributed by atoms with Crippen LogP contribution in [-0.4, -0.2) is 36.2 Å². The van der Waals surface area contributed by atoms with Gasteiger partial charge in [0.15, 0.2) is 0 Å². The first-order chi connectivity index (χ1) is 8.09. The van der Waals surface area contributed by atoms with Crippen molar-refractivity contribution < 1.29 is 9.90 Å². The largest absolute Gasteiger partial charge is 0.393 e. The molecule has 1 rings (SSSR count). The van der Waals surface area contributed by atoms with Crippen molar-refractivity contribution >= 4 is 5.91 Å². The van der Waals surface area contributed by atoms with Gasteiger partial charge in [-0.05, 0) is 12.8 Å². The summed E-state index contributed by atoms with van der Waals surface area (Å²) >= 11 is 0. The van der Waals surface area contributed by atoms with Gasteiger partial charge in [0.1, 0.15) is 0 Å². The van der Waals surface area contributed by atoms with E-state index in [-0.39, 0.29) is 17.9 Å². The summed E-state index contributed by atoms with van der Waals surface area (Å²) in [7, 11) is 0. The maximum absolute atomic E-state index is 11.5. The Morgan fingerprint density at radius 2 is 2.06 bits per heavy atom. The summed E-state index contributed by atoms with van der Waals surface area (Å²) in [6, 6.07) is 0.419. The van der Waals surface area contributed by atoms with Crippen LogP contribution in [0.3, 0.4) is 0 Å². The third kappa shape index (κ3) is 6.03. The van der Waals surface area contributed by atoms with Crippen LogP contribution < -0.4 is 10.6 Å². The van der Waals surface area contributed by atoms with E-state index in [0.717, 1.165) is 25.8 Å². The fourth-order valence-electron chi connectivity index (χ4n) is 2.23. The molecule has 2 atom stereocenters. The van der Waals surface area contributed by atoms with Crippen molar-refractivity contribution in [3.8, 4) is 0 Å². The van der Waals surface area contributed by atoms with E-state index in [2.05, 4.69) is 24.5 Å². The molecule has 1 amide bonds. The lowest BCUT2D eigenvalue weighted by molar-refractivity contribution is -0.121. The molecular formula is C13H26N2O2. The molecule has 0 heterocycles. The average Bonchev–Trinajstić information content (AvgIpc) is 2.27. The minimum absolute atomic E-state index is 0.0796. The van der Waals surface area contributed by atoms with Crippen LogP contribution in [-0.2, 0) is 4.79 Å². The van der Waals surface area contributed by atoms with Crippen LogP contribution in [0.5, 0.6) is 0 Å². The molecule has 17 heavy (non-hydrogen) atoms. The zero-order valence-corrected chi connectivity index (χ0v) is 11.0. The summed E-state index contributed by atoms with van der Waals surface area (Å²) in [5, 5.41) is 15.9. The highest BCUT2D eigenvalue weighted by Gasteiger charge is 2.23. The monoisotopic (exact) mass is 242 g/mol. The van der Waals surface area contributed by atoms with Gasteiger partial charge >= 0.3 is 0 Å². The predicted molar refractivity (Wildman–Crippen MR) is 68.7 cm³/mol. The van der Waals surface area contributed by atoms with Gasteiger partial charge in [0.2, 0.25) is 5.91 Å². The third-order valence-electron chi connectivity index (χ3n) is 3.34. The molecule has 0 aromatic heterocycles. The average molecular weight is 242 g/mol. The Morgan fingerprint density at radius 3 is 2.71 bits per heavy atom. The Hall–Kier alpha value is -0.610. The van der Waals surface area contributed by atoms with Gasteiger partial charge in [-0.25, -0.2) is 0 Å². The number of rotatable bonds is 6. The van der Waals surface area contributed by atoms with Crippen molar-refractivity contribution in [2.45, 2.75) is 58.1 Å². The second-order valence-electron chi connectivity index (χ2n) is 5.27. The smallest absolute Gasteiger partial charge is 0.221 e. The van der Waals surface area contributed by atoms with Gasteiger partial charge in [0.05, 0.1) is 6.10 Å². The first kappa shape index (κ1) is 14.5. The Bertz CT molecular complexity index is 231. The number of carbonyl (C=O) groups excluding carboxylic acids is 1. The van der Waals surface area contributed by atoms with Gasteiger partial charge in [-0.2, -0.15) is 0 Å². The van der Waals surface area contributed by atoms with Gasteiger partial charge in [0, 0.05) is 31.5 Å². The number of amides is 1. The van der Waals surface area contributed by atoms with Gasteiger partial charge in [-0.3, -0.25) is 4.79 Å². The van der Waals surface area contributed by atoms with E-state index >= 15 is 0 Å². The van der Waals surface area contributed by atoms with E-state index in [4.69, 9.17) is 0 Å². The summed E-state index contributed by atoms with van der Waals surface area (Å²) in [4.78, 5) is 11.5. The number of carbonyl (C=O) groups is 1. The minimum Gasteiger partial charge on any atom is -0.393 e. The van der Waals surface area contributed by atoms with Crippen molar-refractivity contribution in [2.75, 3.05) is 13.1 Å². The maximum atomic E-state index is 11.5. The fourth-order valence-corrected chi connectivity index (χ4v) is 2.23. The summed E-state index contributed by atoms with van der Waals surface area (Å²) in [6.45, 7) is 5.48. The molecule has 0 aromatic carbocycles. The maximum Gasteiger partial charge on any atom is 0.221 e. The molecule has 2 unspecified atom stereocenters. The standard InChI is InChI=1S/C13H26N2O2/c1-10(2)14-8-7-13(17)15-9-11-5-3-4-6-12(11)16/h10-12,14,16H,3-9H2,1-2H3,(H,15,17). The van der Waals surface area contributed by atoms with Gasteiger partial charge in [0.25, 0.3) is 0 Å². The summed E-state index contributed by atoms with van der Waals surface area (Å²) in [5.74, 6) is 0.335. The van der Waals surface area contributed by atoms with Crippen molar-refractivity contribution in [1.29, 1.82) is 0 Å². The van der Waals surface area contributed by atoms with E-state index < -0.39 is 0 Å². The SMILES string of the molecule is CC(C)NCCC(=O)NCC1CCCCC1O. The van der Waals surface area contributed by atoms with Crippen molar-refractivity contribution in [3.05, 3.63) is 0 Å². The van der Waals surface area contributed by atoms with Gasteiger partial charge in [-0.15, -0.1) is 0 Å². The van der Waals surface area contributed by atoms with Crippen molar-refractivity contribution in [3.63, 3.8) is 0 Å². The molecule has 0 radical (unpaired) electrons. The van der Waals surface area contributed by atoms with E-state index in [0.29, 0.717) is 19.0 Å². The molecular weight excluding hydrogens is 216 g/mol. The Balaban J connectivity index is 2.10. The van der Waals surface area contributed by atoms with E-state index in [1.54, 1.807) is 0 Å². The fraction of sp³-hybridized carbons (Fsp3) is 0.923. The molecule has 1 aliphatic carbocycles. The number of hydrogen-bond acceptors (Lipinski definition) is 3. The van der Waals surface area contributed by atoms with Crippen molar-refractivity contribution in [2.24, 2.45) is 5.92 Å². The molecule has 4 nitrogen and oxygen atoms in total. The molecule has 0 aromatic rings. The summed E-state index contributed by atoms with van der Waals surface area (Å²) < 4.78 is 0. The molecule has 0 saturated heterocycles. The molecule has 1 fully saturated rings. The lowest BCUT2D eigenvalue weighted by atomic mass is 9.86. The Morgan fingerprint density at radius 1 is 1.35 bits per heavy atom. The second kappa shape index (κ2) is 7.67. The quantitative estimate of drug-likeness (QED) is 0.652. The number of nitrogens with one attached hydrogen (secondary N) is 2. The lowest BCUT2D eigenvalue weighted by Gasteiger charge is -2.27.